The zero-order chi connectivity index (χ0) is 19.9. The Morgan fingerprint density at radius 1 is 1.03 bits per heavy atom. The zero-order valence-corrected chi connectivity index (χ0v) is 16.9. The minimum absolute atomic E-state index is 0.114. The maximum atomic E-state index is 12.9. The lowest BCUT2D eigenvalue weighted by atomic mass is 10.1. The largest absolute Gasteiger partial charge is 0.378 e. The summed E-state index contributed by atoms with van der Waals surface area (Å²) in [5.74, 6) is 0.669. The molecule has 0 atom stereocenters. The molecule has 29 heavy (non-hydrogen) atoms. The van der Waals surface area contributed by atoms with Crippen LogP contribution in [-0.2, 0) is 4.74 Å². The van der Waals surface area contributed by atoms with E-state index in [1.807, 2.05) is 30.3 Å². The van der Waals surface area contributed by atoms with Gasteiger partial charge >= 0.3 is 0 Å². The van der Waals surface area contributed by atoms with Crippen LogP contribution in [0.25, 0.3) is 0 Å². The van der Waals surface area contributed by atoms with E-state index in [2.05, 4.69) is 20.5 Å². The molecule has 0 unspecified atom stereocenters. The van der Waals surface area contributed by atoms with Gasteiger partial charge in [-0.05, 0) is 37.1 Å². The Morgan fingerprint density at radius 3 is 2.59 bits per heavy atom. The van der Waals surface area contributed by atoms with Gasteiger partial charge in [-0.25, -0.2) is 4.98 Å². The summed E-state index contributed by atoms with van der Waals surface area (Å²) in [6.07, 6.45) is 9.21. The first-order valence-electron chi connectivity index (χ1n) is 10.8. The maximum absolute atomic E-state index is 12.9. The van der Waals surface area contributed by atoms with E-state index >= 15 is 0 Å². The molecule has 1 aromatic carbocycles. The first-order valence-corrected chi connectivity index (χ1v) is 10.8. The van der Waals surface area contributed by atoms with E-state index in [9.17, 15) is 4.79 Å². The van der Waals surface area contributed by atoms with E-state index in [-0.39, 0.29) is 5.91 Å². The van der Waals surface area contributed by atoms with Gasteiger partial charge in [0.25, 0.3) is 5.91 Å². The lowest BCUT2D eigenvalue weighted by molar-refractivity contribution is 0.102. The lowest BCUT2D eigenvalue weighted by Crippen LogP contribution is -2.36. The van der Waals surface area contributed by atoms with Gasteiger partial charge < -0.3 is 20.3 Å². The van der Waals surface area contributed by atoms with E-state index in [0.29, 0.717) is 24.8 Å². The van der Waals surface area contributed by atoms with Crippen molar-refractivity contribution in [1.82, 2.24) is 4.98 Å². The Balaban J connectivity index is 1.45. The van der Waals surface area contributed by atoms with Crippen LogP contribution in [0.4, 0.5) is 17.2 Å². The van der Waals surface area contributed by atoms with Gasteiger partial charge in [0, 0.05) is 30.9 Å². The lowest BCUT2D eigenvalue weighted by Gasteiger charge is -2.30. The van der Waals surface area contributed by atoms with Crippen molar-refractivity contribution in [3.63, 3.8) is 0 Å². The van der Waals surface area contributed by atoms with Crippen molar-refractivity contribution >= 4 is 23.1 Å². The zero-order valence-electron chi connectivity index (χ0n) is 16.9. The predicted molar refractivity (Wildman–Crippen MR) is 117 cm³/mol. The van der Waals surface area contributed by atoms with Gasteiger partial charge in [0.15, 0.2) is 0 Å². The molecule has 0 bridgehead atoms. The normalized spacial score (nSPS) is 18.1. The first kappa shape index (κ1) is 19.7. The molecule has 1 saturated heterocycles. The van der Waals surface area contributed by atoms with Crippen LogP contribution in [0.3, 0.4) is 0 Å². The number of carbonyl (C=O) groups excluding carboxylic acids is 1. The Labute approximate surface area is 172 Å². The second-order valence-corrected chi connectivity index (χ2v) is 7.83. The van der Waals surface area contributed by atoms with Crippen LogP contribution in [0.5, 0.6) is 0 Å². The maximum Gasteiger partial charge on any atom is 0.255 e. The Bertz CT molecular complexity index is 812. The molecule has 4 rings (SSSR count). The molecule has 2 fully saturated rings. The number of rotatable bonds is 5. The van der Waals surface area contributed by atoms with Crippen molar-refractivity contribution in [3.05, 3.63) is 48.2 Å². The fraction of sp³-hybridized carbons (Fsp3) is 0.478. The van der Waals surface area contributed by atoms with Crippen LogP contribution < -0.4 is 15.5 Å². The smallest absolute Gasteiger partial charge is 0.255 e. The number of nitrogens with one attached hydrogen (secondary N) is 2. The van der Waals surface area contributed by atoms with Gasteiger partial charge in [0.1, 0.15) is 5.82 Å². The molecule has 0 radical (unpaired) electrons. The molecule has 2 aliphatic rings. The number of carbonyl (C=O) groups is 1. The summed E-state index contributed by atoms with van der Waals surface area (Å²) in [4.78, 5) is 19.6. The number of aromatic nitrogens is 1. The number of para-hydroxylation sites is 2. The van der Waals surface area contributed by atoms with Crippen LogP contribution in [0.15, 0.2) is 42.6 Å². The average Bonchev–Trinajstić information content (AvgIpc) is 3.04. The molecule has 1 aliphatic heterocycles. The summed E-state index contributed by atoms with van der Waals surface area (Å²) in [6.45, 7) is 3.08. The topological polar surface area (TPSA) is 66.5 Å². The van der Waals surface area contributed by atoms with E-state index in [0.717, 1.165) is 30.3 Å². The number of hydrogen-bond donors (Lipinski definition) is 2. The summed E-state index contributed by atoms with van der Waals surface area (Å²) >= 11 is 0. The summed E-state index contributed by atoms with van der Waals surface area (Å²) in [5, 5.41) is 6.62. The van der Waals surface area contributed by atoms with E-state index < -0.39 is 0 Å². The van der Waals surface area contributed by atoms with Crippen LogP contribution in [0, 0.1) is 0 Å². The molecule has 154 valence electrons. The molecule has 2 aromatic rings. The van der Waals surface area contributed by atoms with Gasteiger partial charge in [-0.2, -0.15) is 0 Å². The molecular formula is C23H30N4O2. The third kappa shape index (κ3) is 5.26. The minimum atomic E-state index is -0.114. The second-order valence-electron chi connectivity index (χ2n) is 7.83. The summed E-state index contributed by atoms with van der Waals surface area (Å²) in [6, 6.07) is 12.0. The van der Waals surface area contributed by atoms with Gasteiger partial charge in [-0.3, -0.25) is 4.79 Å². The number of ether oxygens (including phenoxy) is 1. The van der Waals surface area contributed by atoms with Crippen LogP contribution in [-0.4, -0.2) is 43.2 Å². The Hall–Kier alpha value is -2.60. The van der Waals surface area contributed by atoms with E-state index in [1.54, 1.807) is 12.3 Å². The first-order chi connectivity index (χ1) is 14.3. The molecule has 1 aliphatic carbocycles. The molecule has 1 aromatic heterocycles. The van der Waals surface area contributed by atoms with Crippen molar-refractivity contribution in [2.45, 2.75) is 44.6 Å². The highest BCUT2D eigenvalue weighted by atomic mass is 16.5. The summed E-state index contributed by atoms with van der Waals surface area (Å²) < 4.78 is 5.45. The third-order valence-electron chi connectivity index (χ3n) is 5.73. The molecule has 2 heterocycles. The monoisotopic (exact) mass is 394 g/mol. The van der Waals surface area contributed by atoms with Crippen molar-refractivity contribution in [3.8, 4) is 0 Å². The van der Waals surface area contributed by atoms with Crippen molar-refractivity contribution in [2.75, 3.05) is 41.8 Å². The van der Waals surface area contributed by atoms with Crippen LogP contribution in [0.2, 0.25) is 0 Å². The molecule has 1 saturated carbocycles. The number of amides is 1. The van der Waals surface area contributed by atoms with Crippen molar-refractivity contribution in [2.24, 2.45) is 0 Å². The number of pyridine rings is 1. The average molecular weight is 395 g/mol. The molecular weight excluding hydrogens is 364 g/mol. The molecule has 1 amide bonds. The second kappa shape index (κ2) is 9.74. The minimum Gasteiger partial charge on any atom is -0.378 e. The van der Waals surface area contributed by atoms with E-state index in [1.165, 1.54) is 38.5 Å². The Kier molecular flexibility index (Phi) is 6.62. The standard InChI is InChI=1S/C23H30N4O2/c28-23(26-20-9-5-6-10-21(20)27-13-15-29-16-14-27)18-11-12-24-22(17-18)25-19-7-3-1-2-4-8-19/h5-6,9-12,17,19H,1-4,7-8,13-16H2,(H,24,25)(H,26,28). The van der Waals surface area contributed by atoms with Crippen LogP contribution in [0.1, 0.15) is 48.9 Å². The predicted octanol–water partition coefficient (Wildman–Crippen LogP) is 4.31. The van der Waals surface area contributed by atoms with Crippen LogP contribution >= 0.6 is 0 Å². The quantitative estimate of drug-likeness (QED) is 0.740. The molecule has 6 nitrogen and oxygen atoms in total. The summed E-state index contributed by atoms with van der Waals surface area (Å²) in [5.41, 5.74) is 2.48. The molecule has 6 heteroatoms. The highest BCUT2D eigenvalue weighted by Gasteiger charge is 2.17. The van der Waals surface area contributed by atoms with Crippen molar-refractivity contribution in [1.29, 1.82) is 0 Å². The number of nitrogens with zero attached hydrogens (tertiary/aromatic N) is 2. The number of anilines is 3. The van der Waals surface area contributed by atoms with Gasteiger partial charge in [0.2, 0.25) is 0 Å². The fourth-order valence-corrected chi connectivity index (χ4v) is 4.14. The Morgan fingerprint density at radius 2 is 1.79 bits per heavy atom. The van der Waals surface area contributed by atoms with Gasteiger partial charge in [-0.15, -0.1) is 0 Å². The number of benzene rings is 1. The third-order valence-corrected chi connectivity index (χ3v) is 5.73. The summed E-state index contributed by atoms with van der Waals surface area (Å²) in [7, 11) is 0. The van der Waals surface area contributed by atoms with Gasteiger partial charge in [-0.1, -0.05) is 37.8 Å². The highest BCUT2D eigenvalue weighted by molar-refractivity contribution is 6.06. The number of hydrogen-bond acceptors (Lipinski definition) is 5. The number of morpholine rings is 1. The molecule has 0 spiro atoms. The van der Waals surface area contributed by atoms with E-state index in [4.69, 9.17) is 4.74 Å². The van der Waals surface area contributed by atoms with Crippen molar-refractivity contribution < 1.29 is 9.53 Å². The fourth-order valence-electron chi connectivity index (χ4n) is 4.14. The highest BCUT2D eigenvalue weighted by Crippen LogP contribution is 2.27. The molecule has 2 N–H and O–H groups in total. The van der Waals surface area contributed by atoms with Gasteiger partial charge in [0.05, 0.1) is 24.6 Å². The SMILES string of the molecule is O=C(Nc1ccccc1N1CCOCC1)c1ccnc(NC2CCCCCC2)c1.